The van der Waals surface area contributed by atoms with Gasteiger partial charge in [-0.1, -0.05) is 11.6 Å². The Morgan fingerprint density at radius 2 is 2.10 bits per heavy atom. The van der Waals surface area contributed by atoms with Crippen LogP contribution in [-0.2, 0) is 6.61 Å². The molecule has 0 fully saturated rings. The van der Waals surface area contributed by atoms with Gasteiger partial charge in [-0.2, -0.15) is 14.9 Å². The third-order valence-corrected chi connectivity index (χ3v) is 4.34. The zero-order chi connectivity index (χ0) is 21.0. The summed E-state index contributed by atoms with van der Waals surface area (Å²) in [5.41, 5.74) is 1.24. The van der Waals surface area contributed by atoms with Gasteiger partial charge in [-0.05, 0) is 48.1 Å². The molecular formula is C18H14ClF3N4O2S. The Morgan fingerprint density at radius 3 is 2.79 bits per heavy atom. The van der Waals surface area contributed by atoms with Crippen molar-refractivity contribution in [1.29, 1.82) is 0 Å². The standard InChI is InChI=1S/C18H14ClF3N4O2S/c1-27-15-5-2-10(8-23-26-17(16(21)22)24-25-18(26)29)6-11(15)9-28-12-3-4-14(20)13(19)7-12/h2-8,16H,9H2,1H3,(H,25,29). The molecule has 0 aliphatic rings. The van der Waals surface area contributed by atoms with Crippen molar-refractivity contribution >= 4 is 30.0 Å². The molecule has 29 heavy (non-hydrogen) atoms. The van der Waals surface area contributed by atoms with Crippen LogP contribution in [0.2, 0.25) is 5.02 Å². The van der Waals surface area contributed by atoms with Gasteiger partial charge in [0.2, 0.25) is 10.6 Å². The average molecular weight is 443 g/mol. The van der Waals surface area contributed by atoms with Crippen LogP contribution in [0.1, 0.15) is 23.4 Å². The Morgan fingerprint density at radius 1 is 1.31 bits per heavy atom. The number of rotatable bonds is 7. The number of alkyl halides is 2. The van der Waals surface area contributed by atoms with E-state index in [2.05, 4.69) is 15.3 Å². The summed E-state index contributed by atoms with van der Waals surface area (Å²) in [5, 5.41) is 9.64. The summed E-state index contributed by atoms with van der Waals surface area (Å²) in [6.07, 6.45) is -1.48. The Bertz CT molecular complexity index is 1100. The SMILES string of the molecule is COc1ccc(C=Nn2c(C(F)F)n[nH]c2=S)cc1COc1ccc(F)c(Cl)c1. The van der Waals surface area contributed by atoms with E-state index in [0.717, 1.165) is 4.68 Å². The van der Waals surface area contributed by atoms with Crippen molar-refractivity contribution in [2.75, 3.05) is 7.11 Å². The van der Waals surface area contributed by atoms with Crippen LogP contribution in [-0.4, -0.2) is 28.2 Å². The molecule has 0 spiro atoms. The summed E-state index contributed by atoms with van der Waals surface area (Å²) in [6.45, 7) is 0.0975. The molecule has 3 rings (SSSR count). The minimum atomic E-state index is -2.83. The van der Waals surface area contributed by atoms with Crippen molar-refractivity contribution in [2.45, 2.75) is 13.0 Å². The molecule has 0 unspecified atom stereocenters. The van der Waals surface area contributed by atoms with E-state index >= 15 is 0 Å². The van der Waals surface area contributed by atoms with E-state index < -0.39 is 18.1 Å². The highest BCUT2D eigenvalue weighted by Gasteiger charge is 2.16. The highest BCUT2D eigenvalue weighted by molar-refractivity contribution is 7.71. The molecule has 0 saturated carbocycles. The number of halogens is 4. The maximum absolute atomic E-state index is 13.3. The van der Waals surface area contributed by atoms with Gasteiger partial charge in [0.1, 0.15) is 23.9 Å². The van der Waals surface area contributed by atoms with Crippen molar-refractivity contribution in [3.63, 3.8) is 0 Å². The molecule has 2 aromatic carbocycles. The van der Waals surface area contributed by atoms with Crippen molar-refractivity contribution in [1.82, 2.24) is 14.9 Å². The molecule has 1 N–H and O–H groups in total. The quantitative estimate of drug-likeness (QED) is 0.406. The van der Waals surface area contributed by atoms with Crippen molar-refractivity contribution < 1.29 is 22.6 Å². The smallest absolute Gasteiger partial charge is 0.299 e. The molecule has 0 amide bonds. The lowest BCUT2D eigenvalue weighted by atomic mass is 10.1. The second-order valence-electron chi connectivity index (χ2n) is 5.68. The van der Waals surface area contributed by atoms with E-state index in [1.54, 1.807) is 18.2 Å². The van der Waals surface area contributed by atoms with E-state index in [9.17, 15) is 13.2 Å². The second kappa shape index (κ2) is 9.10. The van der Waals surface area contributed by atoms with Crippen LogP contribution in [0.25, 0.3) is 0 Å². The van der Waals surface area contributed by atoms with Gasteiger partial charge < -0.3 is 9.47 Å². The number of ether oxygens (including phenoxy) is 2. The largest absolute Gasteiger partial charge is 0.496 e. The molecule has 0 saturated heterocycles. The Labute approximate surface area is 173 Å². The number of benzene rings is 2. The first-order valence-corrected chi connectivity index (χ1v) is 8.92. The van der Waals surface area contributed by atoms with E-state index in [-0.39, 0.29) is 16.4 Å². The molecule has 152 valence electrons. The van der Waals surface area contributed by atoms with Gasteiger partial charge in [-0.3, -0.25) is 0 Å². The summed E-state index contributed by atoms with van der Waals surface area (Å²) in [4.78, 5) is 0. The molecule has 0 bridgehead atoms. The maximum atomic E-state index is 13.3. The number of H-pyrrole nitrogens is 1. The van der Waals surface area contributed by atoms with E-state index in [1.807, 2.05) is 0 Å². The van der Waals surface area contributed by atoms with Gasteiger partial charge in [0.05, 0.1) is 18.3 Å². The van der Waals surface area contributed by atoms with Crippen molar-refractivity contribution in [2.24, 2.45) is 5.10 Å². The zero-order valence-electron chi connectivity index (χ0n) is 14.9. The normalized spacial score (nSPS) is 11.4. The predicted molar refractivity (Wildman–Crippen MR) is 104 cm³/mol. The maximum Gasteiger partial charge on any atom is 0.299 e. The Kier molecular flexibility index (Phi) is 6.55. The first kappa shape index (κ1) is 20.9. The lowest BCUT2D eigenvalue weighted by Gasteiger charge is -2.11. The molecule has 1 heterocycles. The molecule has 0 aliphatic carbocycles. The van der Waals surface area contributed by atoms with E-state index in [4.69, 9.17) is 33.3 Å². The topological polar surface area (TPSA) is 64.4 Å². The Hall–Kier alpha value is -2.85. The van der Waals surface area contributed by atoms with Crippen LogP contribution in [0, 0.1) is 10.6 Å². The fourth-order valence-electron chi connectivity index (χ4n) is 2.40. The highest BCUT2D eigenvalue weighted by Crippen LogP contribution is 2.25. The molecule has 0 aliphatic heterocycles. The summed E-state index contributed by atoms with van der Waals surface area (Å²) < 4.78 is 50.9. The van der Waals surface area contributed by atoms with Gasteiger partial charge in [0.25, 0.3) is 6.43 Å². The average Bonchev–Trinajstić information content (AvgIpc) is 3.08. The van der Waals surface area contributed by atoms with Crippen LogP contribution in [0.3, 0.4) is 0 Å². The second-order valence-corrected chi connectivity index (χ2v) is 6.47. The van der Waals surface area contributed by atoms with Gasteiger partial charge in [-0.25, -0.2) is 18.3 Å². The van der Waals surface area contributed by atoms with E-state index in [0.29, 0.717) is 22.6 Å². The fraction of sp³-hybridized carbons (Fsp3) is 0.167. The number of aromatic nitrogens is 3. The van der Waals surface area contributed by atoms with Crippen LogP contribution < -0.4 is 9.47 Å². The van der Waals surface area contributed by atoms with Crippen LogP contribution in [0.15, 0.2) is 41.5 Å². The first-order chi connectivity index (χ1) is 13.9. The number of aromatic amines is 1. The third kappa shape index (κ3) is 4.96. The molecule has 6 nitrogen and oxygen atoms in total. The van der Waals surface area contributed by atoms with Crippen molar-refractivity contribution in [3.8, 4) is 11.5 Å². The molecular weight excluding hydrogens is 429 g/mol. The van der Waals surface area contributed by atoms with E-state index in [1.165, 1.54) is 31.5 Å². The zero-order valence-corrected chi connectivity index (χ0v) is 16.5. The first-order valence-electron chi connectivity index (χ1n) is 8.13. The minimum Gasteiger partial charge on any atom is -0.496 e. The number of hydrogen-bond donors (Lipinski definition) is 1. The fourth-order valence-corrected chi connectivity index (χ4v) is 2.76. The van der Waals surface area contributed by atoms with Crippen LogP contribution in [0.5, 0.6) is 11.5 Å². The van der Waals surface area contributed by atoms with Gasteiger partial charge in [0, 0.05) is 11.6 Å². The minimum absolute atomic E-state index is 0.0537. The molecule has 0 radical (unpaired) electrons. The molecule has 1 aromatic heterocycles. The van der Waals surface area contributed by atoms with Crippen molar-refractivity contribution in [3.05, 3.63) is 69.0 Å². The number of methoxy groups -OCH3 is 1. The number of nitrogens with zero attached hydrogens (tertiary/aromatic N) is 3. The summed E-state index contributed by atoms with van der Waals surface area (Å²) in [6, 6.07) is 9.09. The number of hydrogen-bond acceptors (Lipinski definition) is 5. The number of nitrogens with one attached hydrogen (secondary N) is 1. The van der Waals surface area contributed by atoms with Gasteiger partial charge in [-0.15, -0.1) is 0 Å². The van der Waals surface area contributed by atoms with Gasteiger partial charge in [0.15, 0.2) is 0 Å². The third-order valence-electron chi connectivity index (χ3n) is 3.78. The summed E-state index contributed by atoms with van der Waals surface area (Å²) >= 11 is 10.7. The predicted octanol–water partition coefficient (Wildman–Crippen LogP) is 5.14. The summed E-state index contributed by atoms with van der Waals surface area (Å²) in [5.74, 6) is -0.209. The lowest BCUT2D eigenvalue weighted by Crippen LogP contribution is -2.02. The van der Waals surface area contributed by atoms with Crippen LogP contribution >= 0.6 is 23.8 Å². The molecule has 0 atom stereocenters. The molecule has 3 aromatic rings. The lowest BCUT2D eigenvalue weighted by molar-refractivity contribution is 0.136. The highest BCUT2D eigenvalue weighted by atomic mass is 35.5. The summed E-state index contributed by atoms with van der Waals surface area (Å²) in [7, 11) is 1.50. The Balaban J connectivity index is 1.82. The van der Waals surface area contributed by atoms with Crippen LogP contribution in [0.4, 0.5) is 13.2 Å². The monoisotopic (exact) mass is 442 g/mol. The molecule has 11 heteroatoms. The van der Waals surface area contributed by atoms with Gasteiger partial charge >= 0.3 is 0 Å².